The summed E-state index contributed by atoms with van der Waals surface area (Å²) in [7, 11) is 0. The minimum absolute atomic E-state index is 0.00538. The van der Waals surface area contributed by atoms with Crippen LogP contribution in [0.3, 0.4) is 0 Å². The number of carboxylic acids is 2. The van der Waals surface area contributed by atoms with Gasteiger partial charge in [-0.2, -0.15) is 0 Å². The third-order valence-electron chi connectivity index (χ3n) is 6.76. The van der Waals surface area contributed by atoms with E-state index in [-0.39, 0.29) is 36.5 Å². The van der Waals surface area contributed by atoms with Gasteiger partial charge in [0.25, 0.3) is 5.91 Å². The van der Waals surface area contributed by atoms with Crippen LogP contribution in [0.1, 0.15) is 65.7 Å². The van der Waals surface area contributed by atoms with Gasteiger partial charge in [-0.1, -0.05) is 0 Å². The summed E-state index contributed by atoms with van der Waals surface area (Å²) in [6, 6.07) is 5.14. The third-order valence-corrected chi connectivity index (χ3v) is 6.76. The largest absolute Gasteiger partial charge is 0.481 e. The molecule has 2 saturated heterocycles. The van der Waals surface area contributed by atoms with E-state index in [4.69, 9.17) is 10.2 Å². The van der Waals surface area contributed by atoms with Crippen molar-refractivity contribution in [3.05, 3.63) is 35.4 Å². The highest BCUT2D eigenvalue weighted by atomic mass is 16.4. The lowest BCUT2D eigenvalue weighted by atomic mass is 9.92. The van der Waals surface area contributed by atoms with Crippen LogP contribution in [0, 0.1) is 11.8 Å². The summed E-state index contributed by atoms with van der Waals surface area (Å²) in [5, 5.41) is 22.2. The number of carboxylic acid groups (broad SMARTS) is 2. The first-order valence-electron chi connectivity index (χ1n) is 12.4. The number of rotatable bonds is 10. The molecule has 1 aromatic carbocycles. The number of piperidine rings is 2. The lowest BCUT2D eigenvalue weighted by molar-refractivity contribution is -0.142. The molecule has 1 aromatic rings. The molecule has 2 fully saturated rings. The Hall–Kier alpha value is -3.31. The van der Waals surface area contributed by atoms with E-state index in [2.05, 4.69) is 10.7 Å². The molecule has 3 rings (SSSR count). The van der Waals surface area contributed by atoms with E-state index < -0.39 is 29.7 Å². The summed E-state index contributed by atoms with van der Waals surface area (Å²) in [5.41, 5.74) is 2.70. The van der Waals surface area contributed by atoms with Crippen molar-refractivity contribution < 1.29 is 34.2 Å². The Balaban J connectivity index is 1.66. The van der Waals surface area contributed by atoms with Gasteiger partial charge >= 0.3 is 11.9 Å². The van der Waals surface area contributed by atoms with E-state index in [9.17, 15) is 24.0 Å². The summed E-state index contributed by atoms with van der Waals surface area (Å²) in [5.74, 6) is -3.56. The number of carbonyl (C=O) groups is 5. The van der Waals surface area contributed by atoms with Crippen molar-refractivity contribution in [2.45, 2.75) is 44.9 Å². The number of imide groups is 1. The monoisotopic (exact) mass is 502 g/mol. The summed E-state index contributed by atoms with van der Waals surface area (Å²) < 4.78 is 0. The van der Waals surface area contributed by atoms with E-state index >= 15 is 0 Å². The van der Waals surface area contributed by atoms with Gasteiger partial charge < -0.3 is 20.4 Å². The minimum Gasteiger partial charge on any atom is -0.481 e. The highest BCUT2D eigenvalue weighted by molar-refractivity contribution is 6.05. The fourth-order valence-electron chi connectivity index (χ4n) is 4.65. The maximum Gasteiger partial charge on any atom is 0.335 e. The van der Waals surface area contributed by atoms with Gasteiger partial charge in [0.2, 0.25) is 11.8 Å². The fraction of sp³-hybridized carbons (Fsp3) is 0.560. The molecule has 0 radical (unpaired) electrons. The molecule has 11 heteroatoms. The Morgan fingerprint density at radius 3 is 2.28 bits per heavy atom. The highest BCUT2D eigenvalue weighted by Gasteiger charge is 2.34. The lowest BCUT2D eigenvalue weighted by Crippen LogP contribution is -2.53. The average molecular weight is 503 g/mol. The molecule has 36 heavy (non-hydrogen) atoms. The Morgan fingerprint density at radius 1 is 0.972 bits per heavy atom. The quantitative estimate of drug-likeness (QED) is 0.274. The summed E-state index contributed by atoms with van der Waals surface area (Å²) in [4.78, 5) is 63.1. The molecule has 3 amide bonds. The predicted octanol–water partition coefficient (Wildman–Crippen LogP) is 1.35. The normalized spacial score (nSPS) is 18.4. The topological polar surface area (TPSA) is 156 Å². The number of hydrazine groups is 1. The van der Waals surface area contributed by atoms with Crippen molar-refractivity contribution in [1.29, 1.82) is 0 Å². The number of amides is 3. The van der Waals surface area contributed by atoms with Crippen LogP contribution in [0.15, 0.2) is 24.3 Å². The first kappa shape index (κ1) is 27.3. The van der Waals surface area contributed by atoms with Gasteiger partial charge in [0, 0.05) is 31.6 Å². The molecule has 2 heterocycles. The maximum atomic E-state index is 13.4. The number of nitrogens with one attached hydrogen (secondary N) is 2. The van der Waals surface area contributed by atoms with Crippen molar-refractivity contribution in [2.24, 2.45) is 11.8 Å². The molecule has 0 saturated carbocycles. The Morgan fingerprint density at radius 2 is 1.64 bits per heavy atom. The number of aliphatic carboxylic acids is 1. The van der Waals surface area contributed by atoms with Crippen molar-refractivity contribution in [1.82, 2.24) is 20.7 Å². The standard InChI is InChI=1S/C25H34N4O7/c30-21(8-3-17-9-12-26-13-10-17)28-15-1-2-20(16-28)24(34)29(27-14-11-22(31)32)23(33)18-4-6-19(7-5-18)25(35)36/h4-7,17,20,26-27H,1-3,8-16H2,(H,31,32)(H,35,36)/t20-/m1/s1. The summed E-state index contributed by atoms with van der Waals surface area (Å²) >= 11 is 0. The minimum atomic E-state index is -1.14. The van der Waals surface area contributed by atoms with Crippen LogP contribution >= 0.6 is 0 Å². The zero-order valence-corrected chi connectivity index (χ0v) is 20.3. The van der Waals surface area contributed by atoms with Gasteiger partial charge in [0.15, 0.2) is 0 Å². The zero-order chi connectivity index (χ0) is 26.1. The molecule has 11 nitrogen and oxygen atoms in total. The first-order valence-corrected chi connectivity index (χ1v) is 12.4. The fourth-order valence-corrected chi connectivity index (χ4v) is 4.65. The lowest BCUT2D eigenvalue weighted by Gasteiger charge is -2.35. The Labute approximate surface area is 209 Å². The molecular weight excluding hydrogens is 468 g/mol. The first-order chi connectivity index (χ1) is 17.3. The van der Waals surface area contributed by atoms with Crippen molar-refractivity contribution >= 4 is 29.7 Å². The summed E-state index contributed by atoms with van der Waals surface area (Å²) in [6.45, 7) is 2.55. The molecule has 0 aliphatic carbocycles. The Bertz CT molecular complexity index is 960. The number of hydrogen-bond donors (Lipinski definition) is 4. The molecule has 1 atom stereocenters. The van der Waals surface area contributed by atoms with Crippen LogP contribution in [-0.2, 0) is 14.4 Å². The van der Waals surface area contributed by atoms with E-state index in [1.165, 1.54) is 24.3 Å². The Kier molecular flexibility index (Phi) is 9.95. The second kappa shape index (κ2) is 13.1. The van der Waals surface area contributed by atoms with Gasteiger partial charge in [-0.05, 0) is 75.4 Å². The van der Waals surface area contributed by atoms with E-state index in [1.807, 2.05) is 0 Å². The van der Waals surface area contributed by atoms with Gasteiger partial charge in [0.1, 0.15) is 0 Å². The number of hydrogen-bond acceptors (Lipinski definition) is 7. The van der Waals surface area contributed by atoms with Crippen molar-refractivity contribution in [3.8, 4) is 0 Å². The molecule has 0 spiro atoms. The smallest absolute Gasteiger partial charge is 0.335 e. The predicted molar refractivity (Wildman–Crippen MR) is 129 cm³/mol. The number of nitrogens with zero attached hydrogens (tertiary/aromatic N) is 2. The van der Waals surface area contributed by atoms with Crippen LogP contribution in [-0.4, -0.2) is 82.5 Å². The maximum absolute atomic E-state index is 13.4. The van der Waals surface area contributed by atoms with Gasteiger partial charge in [0.05, 0.1) is 17.9 Å². The average Bonchev–Trinajstić information content (AvgIpc) is 2.89. The highest BCUT2D eigenvalue weighted by Crippen LogP contribution is 2.23. The van der Waals surface area contributed by atoms with Gasteiger partial charge in [-0.25, -0.2) is 15.2 Å². The van der Waals surface area contributed by atoms with E-state index in [0.717, 1.165) is 37.4 Å². The number of benzene rings is 1. The van der Waals surface area contributed by atoms with Crippen molar-refractivity contribution in [3.63, 3.8) is 0 Å². The molecule has 4 N–H and O–H groups in total. The number of carbonyl (C=O) groups excluding carboxylic acids is 3. The van der Waals surface area contributed by atoms with Crippen LogP contribution < -0.4 is 10.7 Å². The molecule has 196 valence electrons. The SMILES string of the molecule is O=C(O)CCNN(C(=O)c1ccc(C(=O)O)cc1)C(=O)[C@@H]1CCCN(C(=O)CCC2CCNCC2)C1. The van der Waals surface area contributed by atoms with Crippen LogP contribution in [0.4, 0.5) is 0 Å². The number of likely N-dealkylation sites (tertiary alicyclic amines) is 1. The molecule has 0 aromatic heterocycles. The van der Waals surface area contributed by atoms with E-state index in [0.29, 0.717) is 31.7 Å². The molecule has 0 unspecified atom stereocenters. The van der Waals surface area contributed by atoms with Crippen LogP contribution in [0.2, 0.25) is 0 Å². The van der Waals surface area contributed by atoms with Gasteiger partial charge in [-0.15, -0.1) is 0 Å². The van der Waals surface area contributed by atoms with Crippen LogP contribution in [0.5, 0.6) is 0 Å². The van der Waals surface area contributed by atoms with Crippen LogP contribution in [0.25, 0.3) is 0 Å². The van der Waals surface area contributed by atoms with Gasteiger partial charge in [-0.3, -0.25) is 19.2 Å². The molecular formula is C25H34N4O7. The molecule has 2 aliphatic rings. The molecule has 2 aliphatic heterocycles. The number of aromatic carboxylic acids is 1. The third kappa shape index (κ3) is 7.59. The second-order valence-electron chi connectivity index (χ2n) is 9.32. The summed E-state index contributed by atoms with van der Waals surface area (Å²) in [6.07, 6.45) is 4.19. The molecule has 0 bridgehead atoms. The second-order valence-corrected chi connectivity index (χ2v) is 9.32. The van der Waals surface area contributed by atoms with Crippen molar-refractivity contribution in [2.75, 3.05) is 32.7 Å². The van der Waals surface area contributed by atoms with E-state index in [1.54, 1.807) is 4.90 Å². The zero-order valence-electron chi connectivity index (χ0n) is 20.3.